The summed E-state index contributed by atoms with van der Waals surface area (Å²) in [5, 5.41) is 0. The van der Waals surface area contributed by atoms with Gasteiger partial charge in [0, 0.05) is 5.69 Å². The number of anilines is 1. The Bertz CT molecular complexity index is 267. The highest BCUT2D eigenvalue weighted by atomic mass is 14.8. The Balaban J connectivity index is 3.21. The second-order valence-electron chi connectivity index (χ2n) is 2.79. The van der Waals surface area contributed by atoms with Gasteiger partial charge in [0.25, 0.3) is 0 Å². The first-order valence-corrected chi connectivity index (χ1v) is 3.87. The first-order chi connectivity index (χ1) is 5.15. The largest absolute Gasteiger partial charge is 0.383 e. The zero-order valence-electron chi connectivity index (χ0n) is 7.31. The van der Waals surface area contributed by atoms with Gasteiger partial charge in [-0.25, -0.2) is 4.98 Å². The van der Waals surface area contributed by atoms with Crippen LogP contribution in [0.2, 0.25) is 0 Å². The van der Waals surface area contributed by atoms with Crippen LogP contribution >= 0.6 is 0 Å². The molecule has 2 heteroatoms. The van der Waals surface area contributed by atoms with Gasteiger partial charge < -0.3 is 5.73 Å². The summed E-state index contributed by atoms with van der Waals surface area (Å²) in [4.78, 5) is 4.22. The standard InChI is InChI=1S/C9H14N2/c1-4-8-5-6(2)9(10)11-7(8)3/h5H,4H2,1-3H3,(H2,10,11). The van der Waals surface area contributed by atoms with E-state index in [1.807, 2.05) is 13.8 Å². The van der Waals surface area contributed by atoms with Crippen molar-refractivity contribution in [1.29, 1.82) is 0 Å². The van der Waals surface area contributed by atoms with Gasteiger partial charge in [-0.1, -0.05) is 13.0 Å². The summed E-state index contributed by atoms with van der Waals surface area (Å²) in [6.45, 7) is 6.11. The molecule has 0 atom stereocenters. The SMILES string of the molecule is CCc1cc(C)c(N)nc1C. The van der Waals surface area contributed by atoms with Crippen LogP contribution in [0.3, 0.4) is 0 Å². The number of aryl methyl sites for hydroxylation is 3. The molecule has 1 aromatic rings. The molecule has 0 aliphatic carbocycles. The molecule has 60 valence electrons. The molecule has 0 radical (unpaired) electrons. The van der Waals surface area contributed by atoms with Gasteiger partial charge in [-0.05, 0) is 31.4 Å². The number of hydrogen-bond donors (Lipinski definition) is 1. The predicted molar refractivity (Wildman–Crippen MR) is 47.5 cm³/mol. The molecule has 0 saturated heterocycles. The summed E-state index contributed by atoms with van der Waals surface area (Å²) in [6.07, 6.45) is 1.03. The summed E-state index contributed by atoms with van der Waals surface area (Å²) in [7, 11) is 0. The molecular weight excluding hydrogens is 136 g/mol. The molecule has 2 nitrogen and oxygen atoms in total. The Morgan fingerprint density at radius 2 is 2.09 bits per heavy atom. The van der Waals surface area contributed by atoms with Crippen molar-refractivity contribution in [3.05, 3.63) is 22.9 Å². The molecule has 1 aromatic heterocycles. The quantitative estimate of drug-likeness (QED) is 0.663. The minimum absolute atomic E-state index is 0.653. The lowest BCUT2D eigenvalue weighted by Gasteiger charge is -2.05. The maximum Gasteiger partial charge on any atom is 0.126 e. The fraction of sp³-hybridized carbons (Fsp3) is 0.444. The first kappa shape index (κ1) is 8.05. The molecule has 1 heterocycles. The molecule has 11 heavy (non-hydrogen) atoms. The third-order valence-corrected chi connectivity index (χ3v) is 1.93. The van der Waals surface area contributed by atoms with Crippen molar-refractivity contribution in [2.75, 3.05) is 5.73 Å². The fourth-order valence-corrected chi connectivity index (χ4v) is 1.14. The number of hydrogen-bond acceptors (Lipinski definition) is 2. The van der Waals surface area contributed by atoms with E-state index in [4.69, 9.17) is 5.73 Å². The molecule has 0 bridgehead atoms. The Morgan fingerprint density at radius 1 is 1.45 bits per heavy atom. The highest BCUT2D eigenvalue weighted by Gasteiger charge is 2.00. The van der Waals surface area contributed by atoms with Gasteiger partial charge in [0.2, 0.25) is 0 Å². The van der Waals surface area contributed by atoms with E-state index in [1.54, 1.807) is 0 Å². The van der Waals surface area contributed by atoms with E-state index >= 15 is 0 Å². The van der Waals surface area contributed by atoms with Gasteiger partial charge >= 0.3 is 0 Å². The van der Waals surface area contributed by atoms with Crippen LogP contribution in [-0.4, -0.2) is 4.98 Å². The number of nitrogen functional groups attached to an aromatic ring is 1. The molecule has 0 amide bonds. The van der Waals surface area contributed by atoms with E-state index in [9.17, 15) is 0 Å². The number of pyridine rings is 1. The number of nitrogens with zero attached hydrogens (tertiary/aromatic N) is 1. The second kappa shape index (κ2) is 2.91. The van der Waals surface area contributed by atoms with Crippen LogP contribution in [0.1, 0.15) is 23.7 Å². The van der Waals surface area contributed by atoms with Crippen LogP contribution in [0.15, 0.2) is 6.07 Å². The number of nitrogens with two attached hydrogens (primary N) is 1. The lowest BCUT2D eigenvalue weighted by atomic mass is 10.1. The average Bonchev–Trinajstić information content (AvgIpc) is 1.97. The van der Waals surface area contributed by atoms with Gasteiger partial charge in [-0.3, -0.25) is 0 Å². The summed E-state index contributed by atoms with van der Waals surface area (Å²) in [6, 6.07) is 2.11. The zero-order chi connectivity index (χ0) is 8.43. The zero-order valence-corrected chi connectivity index (χ0v) is 7.31. The molecule has 0 aromatic carbocycles. The average molecular weight is 150 g/mol. The summed E-state index contributed by atoms with van der Waals surface area (Å²) in [5.41, 5.74) is 9.05. The van der Waals surface area contributed by atoms with E-state index in [0.29, 0.717) is 5.82 Å². The van der Waals surface area contributed by atoms with E-state index in [-0.39, 0.29) is 0 Å². The van der Waals surface area contributed by atoms with Gasteiger partial charge in [0.15, 0.2) is 0 Å². The topological polar surface area (TPSA) is 38.9 Å². The van der Waals surface area contributed by atoms with Gasteiger partial charge in [0.05, 0.1) is 0 Å². The van der Waals surface area contributed by atoms with Gasteiger partial charge in [-0.15, -0.1) is 0 Å². The molecule has 0 unspecified atom stereocenters. The lowest BCUT2D eigenvalue weighted by molar-refractivity contribution is 1.04. The minimum Gasteiger partial charge on any atom is -0.383 e. The van der Waals surface area contributed by atoms with Crippen LogP contribution in [0.25, 0.3) is 0 Å². The molecule has 0 aliphatic heterocycles. The third kappa shape index (κ3) is 1.50. The normalized spacial score (nSPS) is 10.1. The van der Waals surface area contributed by atoms with Gasteiger partial charge in [-0.2, -0.15) is 0 Å². The first-order valence-electron chi connectivity index (χ1n) is 3.87. The summed E-state index contributed by atoms with van der Waals surface area (Å²) >= 11 is 0. The molecule has 2 N–H and O–H groups in total. The van der Waals surface area contributed by atoms with Crippen molar-refractivity contribution >= 4 is 5.82 Å². The Hall–Kier alpha value is -1.05. The van der Waals surface area contributed by atoms with Crippen molar-refractivity contribution in [1.82, 2.24) is 4.98 Å². The maximum absolute atomic E-state index is 5.63. The van der Waals surface area contributed by atoms with Crippen molar-refractivity contribution in [2.24, 2.45) is 0 Å². The van der Waals surface area contributed by atoms with Gasteiger partial charge in [0.1, 0.15) is 5.82 Å². The maximum atomic E-state index is 5.63. The van der Waals surface area contributed by atoms with Crippen LogP contribution in [0.5, 0.6) is 0 Å². The molecule has 1 rings (SSSR count). The number of rotatable bonds is 1. The van der Waals surface area contributed by atoms with Crippen LogP contribution in [0.4, 0.5) is 5.82 Å². The molecular formula is C9H14N2. The van der Waals surface area contributed by atoms with E-state index in [0.717, 1.165) is 17.7 Å². The fourth-order valence-electron chi connectivity index (χ4n) is 1.14. The number of aromatic nitrogens is 1. The van der Waals surface area contributed by atoms with E-state index in [2.05, 4.69) is 18.0 Å². The predicted octanol–water partition coefficient (Wildman–Crippen LogP) is 1.84. The highest BCUT2D eigenvalue weighted by Crippen LogP contribution is 2.13. The Labute approximate surface area is 67.5 Å². The van der Waals surface area contributed by atoms with Crippen LogP contribution in [0, 0.1) is 13.8 Å². The molecule has 0 fully saturated rings. The summed E-state index contributed by atoms with van der Waals surface area (Å²) in [5.74, 6) is 0.653. The molecule has 0 aliphatic rings. The third-order valence-electron chi connectivity index (χ3n) is 1.93. The smallest absolute Gasteiger partial charge is 0.126 e. The second-order valence-corrected chi connectivity index (χ2v) is 2.79. The monoisotopic (exact) mass is 150 g/mol. The highest BCUT2D eigenvalue weighted by molar-refractivity contribution is 5.42. The molecule has 0 spiro atoms. The van der Waals surface area contributed by atoms with Crippen molar-refractivity contribution in [3.63, 3.8) is 0 Å². The Morgan fingerprint density at radius 3 is 2.64 bits per heavy atom. The van der Waals surface area contributed by atoms with Crippen molar-refractivity contribution in [2.45, 2.75) is 27.2 Å². The summed E-state index contributed by atoms with van der Waals surface area (Å²) < 4.78 is 0. The molecule has 0 saturated carbocycles. The van der Waals surface area contributed by atoms with Crippen molar-refractivity contribution < 1.29 is 0 Å². The van der Waals surface area contributed by atoms with Crippen molar-refractivity contribution in [3.8, 4) is 0 Å². The lowest BCUT2D eigenvalue weighted by Crippen LogP contribution is -1.99. The van der Waals surface area contributed by atoms with E-state index < -0.39 is 0 Å². The van der Waals surface area contributed by atoms with Crippen LogP contribution in [-0.2, 0) is 6.42 Å². The van der Waals surface area contributed by atoms with E-state index in [1.165, 1.54) is 5.56 Å². The minimum atomic E-state index is 0.653. The van der Waals surface area contributed by atoms with Crippen LogP contribution < -0.4 is 5.73 Å². The Kier molecular flexibility index (Phi) is 2.13.